The molecule has 1 aliphatic rings. The highest BCUT2D eigenvalue weighted by Gasteiger charge is 2.20. The van der Waals surface area contributed by atoms with Gasteiger partial charge in [-0.2, -0.15) is 0 Å². The molecule has 0 fully saturated rings. The Bertz CT molecular complexity index is 527. The molecule has 0 saturated carbocycles. The van der Waals surface area contributed by atoms with Gasteiger partial charge in [-0.05, 0) is 43.9 Å². The first kappa shape index (κ1) is 9.91. The van der Waals surface area contributed by atoms with Crippen LogP contribution in [-0.4, -0.2) is 10.1 Å². The molecule has 0 bridgehead atoms. The van der Waals surface area contributed by atoms with Crippen molar-refractivity contribution >= 4 is 10.9 Å². The van der Waals surface area contributed by atoms with Crippen LogP contribution in [0.25, 0.3) is 10.9 Å². The molecule has 0 unspecified atom stereocenters. The number of benzene rings is 1. The number of aliphatic hydroxyl groups excluding tert-OH is 1. The number of aromatic amines is 1. The van der Waals surface area contributed by atoms with Gasteiger partial charge < -0.3 is 10.1 Å². The maximum Gasteiger partial charge on any atom is 0.0940 e. The number of aliphatic hydroxyl groups is 1. The quantitative estimate of drug-likeness (QED) is 0.650. The van der Waals surface area contributed by atoms with E-state index in [0.29, 0.717) is 0 Å². The predicted molar refractivity (Wildman–Crippen MR) is 65.6 cm³/mol. The minimum absolute atomic E-state index is 0.301. The number of fused-ring (bicyclic) bond motifs is 3. The molecular formula is C14H17NO. The molecule has 2 heteroatoms. The van der Waals surface area contributed by atoms with E-state index in [1.807, 2.05) is 0 Å². The molecule has 1 aliphatic carbocycles. The molecule has 1 aromatic carbocycles. The second-order valence-electron chi connectivity index (χ2n) is 4.83. The third kappa shape index (κ3) is 1.45. The fourth-order valence-electron chi connectivity index (χ4n) is 2.72. The summed E-state index contributed by atoms with van der Waals surface area (Å²) >= 11 is 0. The highest BCUT2D eigenvalue weighted by atomic mass is 16.3. The summed E-state index contributed by atoms with van der Waals surface area (Å²) in [5.41, 5.74) is 4.84. The molecule has 0 saturated heterocycles. The summed E-state index contributed by atoms with van der Waals surface area (Å²) < 4.78 is 0. The molecule has 0 amide bonds. The summed E-state index contributed by atoms with van der Waals surface area (Å²) in [5.74, 6) is 0. The number of aryl methyl sites for hydroxylation is 2. The standard InChI is InChI=1S/C14H17NO/c1-9-6-7-12-11(8-9)10-4-2-3-5-13(16)14(10)15-12/h6-8,13,15-16H,2-5H2,1H3/t13-/m0/s1. The molecule has 0 radical (unpaired) electrons. The Morgan fingerprint density at radius 2 is 2.19 bits per heavy atom. The Balaban J connectivity index is 2.26. The summed E-state index contributed by atoms with van der Waals surface area (Å²) in [5, 5.41) is 11.4. The highest BCUT2D eigenvalue weighted by Crippen LogP contribution is 2.33. The Hall–Kier alpha value is -1.28. The highest BCUT2D eigenvalue weighted by molar-refractivity contribution is 5.85. The Morgan fingerprint density at radius 3 is 3.06 bits per heavy atom. The molecule has 1 atom stereocenters. The van der Waals surface area contributed by atoms with E-state index in [1.54, 1.807) is 0 Å². The van der Waals surface area contributed by atoms with E-state index in [-0.39, 0.29) is 6.10 Å². The van der Waals surface area contributed by atoms with Crippen molar-refractivity contribution in [3.63, 3.8) is 0 Å². The molecule has 2 aromatic rings. The number of hydrogen-bond donors (Lipinski definition) is 2. The van der Waals surface area contributed by atoms with Crippen molar-refractivity contribution in [3.8, 4) is 0 Å². The summed E-state index contributed by atoms with van der Waals surface area (Å²) in [6, 6.07) is 6.46. The number of nitrogens with one attached hydrogen (secondary N) is 1. The van der Waals surface area contributed by atoms with Gasteiger partial charge >= 0.3 is 0 Å². The lowest BCUT2D eigenvalue weighted by atomic mass is 10.0. The monoisotopic (exact) mass is 215 g/mol. The van der Waals surface area contributed by atoms with E-state index >= 15 is 0 Å². The second-order valence-corrected chi connectivity index (χ2v) is 4.83. The minimum atomic E-state index is -0.301. The molecule has 0 aliphatic heterocycles. The zero-order chi connectivity index (χ0) is 11.1. The summed E-state index contributed by atoms with van der Waals surface area (Å²) in [7, 11) is 0. The molecule has 1 heterocycles. The largest absolute Gasteiger partial charge is 0.387 e. The van der Waals surface area contributed by atoms with Gasteiger partial charge in [-0.3, -0.25) is 0 Å². The van der Waals surface area contributed by atoms with Gasteiger partial charge in [0.2, 0.25) is 0 Å². The van der Waals surface area contributed by atoms with Crippen molar-refractivity contribution < 1.29 is 5.11 Å². The van der Waals surface area contributed by atoms with E-state index in [2.05, 4.69) is 30.1 Å². The lowest BCUT2D eigenvalue weighted by Crippen LogP contribution is -1.97. The summed E-state index contributed by atoms with van der Waals surface area (Å²) in [6.45, 7) is 2.12. The number of H-pyrrole nitrogens is 1. The van der Waals surface area contributed by atoms with Crippen molar-refractivity contribution in [2.45, 2.75) is 38.7 Å². The van der Waals surface area contributed by atoms with Crippen LogP contribution in [0.4, 0.5) is 0 Å². The van der Waals surface area contributed by atoms with Crippen molar-refractivity contribution in [1.29, 1.82) is 0 Å². The topological polar surface area (TPSA) is 36.0 Å². The van der Waals surface area contributed by atoms with Crippen molar-refractivity contribution in [3.05, 3.63) is 35.0 Å². The normalized spacial score (nSPS) is 20.8. The number of hydrogen-bond acceptors (Lipinski definition) is 1. The fourth-order valence-corrected chi connectivity index (χ4v) is 2.72. The maximum absolute atomic E-state index is 10.1. The van der Waals surface area contributed by atoms with Gasteiger partial charge in [0.25, 0.3) is 0 Å². The van der Waals surface area contributed by atoms with E-state index in [0.717, 1.165) is 30.5 Å². The van der Waals surface area contributed by atoms with Crippen LogP contribution in [0.15, 0.2) is 18.2 Å². The molecule has 16 heavy (non-hydrogen) atoms. The van der Waals surface area contributed by atoms with Crippen LogP contribution in [0.5, 0.6) is 0 Å². The average Bonchev–Trinajstić information content (AvgIpc) is 2.52. The predicted octanol–water partition coefficient (Wildman–Crippen LogP) is 3.24. The first-order chi connectivity index (χ1) is 7.75. The number of rotatable bonds is 0. The maximum atomic E-state index is 10.1. The first-order valence-corrected chi connectivity index (χ1v) is 6.05. The molecule has 0 spiro atoms. The van der Waals surface area contributed by atoms with Gasteiger partial charge in [0.05, 0.1) is 6.10 Å². The van der Waals surface area contributed by atoms with Gasteiger partial charge in [0, 0.05) is 16.6 Å². The van der Waals surface area contributed by atoms with Gasteiger partial charge in [-0.1, -0.05) is 18.1 Å². The van der Waals surface area contributed by atoms with Gasteiger partial charge in [-0.15, -0.1) is 0 Å². The van der Waals surface area contributed by atoms with Crippen LogP contribution in [0.2, 0.25) is 0 Å². The lowest BCUT2D eigenvalue weighted by Gasteiger charge is -2.05. The summed E-state index contributed by atoms with van der Waals surface area (Å²) in [4.78, 5) is 3.38. The van der Waals surface area contributed by atoms with E-state index in [4.69, 9.17) is 0 Å². The molecular weight excluding hydrogens is 198 g/mol. The molecule has 2 N–H and O–H groups in total. The zero-order valence-corrected chi connectivity index (χ0v) is 9.59. The van der Waals surface area contributed by atoms with Gasteiger partial charge in [-0.25, -0.2) is 0 Å². The van der Waals surface area contributed by atoms with Crippen molar-refractivity contribution in [2.75, 3.05) is 0 Å². The van der Waals surface area contributed by atoms with Gasteiger partial charge in [0.15, 0.2) is 0 Å². The Kier molecular flexibility index (Phi) is 2.25. The molecule has 1 aromatic heterocycles. The average molecular weight is 215 g/mol. The van der Waals surface area contributed by atoms with Crippen LogP contribution in [0, 0.1) is 6.92 Å². The fraction of sp³-hybridized carbons (Fsp3) is 0.429. The molecule has 2 nitrogen and oxygen atoms in total. The SMILES string of the molecule is Cc1ccc2[nH]c3c(c2c1)CCCC[C@@H]3O. The third-order valence-corrected chi connectivity index (χ3v) is 3.58. The molecule has 3 rings (SSSR count). The lowest BCUT2D eigenvalue weighted by molar-refractivity contribution is 0.163. The second kappa shape index (κ2) is 3.63. The van der Waals surface area contributed by atoms with E-state index in [9.17, 15) is 5.11 Å². The smallest absolute Gasteiger partial charge is 0.0940 e. The van der Waals surface area contributed by atoms with Crippen LogP contribution in [-0.2, 0) is 6.42 Å². The minimum Gasteiger partial charge on any atom is -0.387 e. The molecule has 84 valence electrons. The van der Waals surface area contributed by atoms with Crippen LogP contribution in [0.1, 0.15) is 42.2 Å². The van der Waals surface area contributed by atoms with E-state index < -0.39 is 0 Å². The van der Waals surface area contributed by atoms with Crippen LogP contribution < -0.4 is 0 Å². The summed E-state index contributed by atoms with van der Waals surface area (Å²) in [6.07, 6.45) is 3.99. The Labute approximate surface area is 95.3 Å². The third-order valence-electron chi connectivity index (χ3n) is 3.58. The van der Waals surface area contributed by atoms with Crippen LogP contribution >= 0.6 is 0 Å². The van der Waals surface area contributed by atoms with Crippen molar-refractivity contribution in [1.82, 2.24) is 4.98 Å². The number of aromatic nitrogens is 1. The van der Waals surface area contributed by atoms with Crippen molar-refractivity contribution in [2.24, 2.45) is 0 Å². The zero-order valence-electron chi connectivity index (χ0n) is 9.59. The Morgan fingerprint density at radius 1 is 1.31 bits per heavy atom. The van der Waals surface area contributed by atoms with Gasteiger partial charge in [0.1, 0.15) is 0 Å². The van der Waals surface area contributed by atoms with Crippen LogP contribution in [0.3, 0.4) is 0 Å². The van der Waals surface area contributed by atoms with E-state index in [1.165, 1.54) is 22.9 Å². The first-order valence-electron chi connectivity index (χ1n) is 6.05.